The number of ether oxygens (including phenoxy) is 1. The van der Waals surface area contributed by atoms with Gasteiger partial charge in [-0.3, -0.25) is 4.90 Å². The summed E-state index contributed by atoms with van der Waals surface area (Å²) in [6, 6.07) is 10.9. The molecule has 1 aromatic rings. The summed E-state index contributed by atoms with van der Waals surface area (Å²) in [4.78, 5) is 2.60. The van der Waals surface area contributed by atoms with Gasteiger partial charge in [-0.1, -0.05) is 44.2 Å². The first-order valence-electron chi connectivity index (χ1n) is 9.12. The molecule has 1 aliphatic heterocycles. The highest BCUT2D eigenvalue weighted by Crippen LogP contribution is 2.39. The topological polar surface area (TPSA) is 32.7 Å². The third-order valence-corrected chi connectivity index (χ3v) is 5.77. The molecule has 2 aliphatic rings. The quantitative estimate of drug-likeness (QED) is 0.921. The highest BCUT2D eigenvalue weighted by molar-refractivity contribution is 5.13. The molecule has 2 fully saturated rings. The molecule has 0 aromatic heterocycles. The second kappa shape index (κ2) is 7.33. The van der Waals surface area contributed by atoms with Gasteiger partial charge < -0.3 is 9.84 Å². The van der Waals surface area contributed by atoms with Crippen LogP contribution >= 0.6 is 0 Å². The average molecular weight is 317 g/mol. The minimum atomic E-state index is -0.111. The van der Waals surface area contributed by atoms with Crippen LogP contribution < -0.4 is 0 Å². The maximum absolute atomic E-state index is 10.1. The van der Waals surface area contributed by atoms with Gasteiger partial charge in [-0.15, -0.1) is 0 Å². The summed E-state index contributed by atoms with van der Waals surface area (Å²) in [6.45, 7) is 7.64. The second-order valence-electron chi connectivity index (χ2n) is 7.96. The number of aliphatic hydroxyl groups excluding tert-OH is 1. The number of aliphatic hydroxyl groups is 1. The number of nitrogens with zero attached hydrogens (tertiary/aromatic N) is 1. The summed E-state index contributed by atoms with van der Waals surface area (Å²) in [5.74, 6) is 0. The van der Waals surface area contributed by atoms with E-state index in [-0.39, 0.29) is 6.10 Å². The van der Waals surface area contributed by atoms with Crippen molar-refractivity contribution < 1.29 is 9.84 Å². The lowest BCUT2D eigenvalue weighted by molar-refractivity contribution is -0.0534. The monoisotopic (exact) mass is 317 g/mol. The molecule has 1 heterocycles. The van der Waals surface area contributed by atoms with Crippen LogP contribution in [-0.2, 0) is 11.3 Å². The Bertz CT molecular complexity index is 480. The van der Waals surface area contributed by atoms with E-state index in [1.807, 2.05) is 6.07 Å². The van der Waals surface area contributed by atoms with E-state index in [1.54, 1.807) is 0 Å². The number of piperidine rings is 1. The molecule has 128 valence electrons. The molecule has 3 rings (SSSR count). The predicted molar refractivity (Wildman–Crippen MR) is 93.3 cm³/mol. The minimum absolute atomic E-state index is 0.111. The van der Waals surface area contributed by atoms with Gasteiger partial charge in [-0.25, -0.2) is 0 Å². The fourth-order valence-electron chi connectivity index (χ4n) is 4.19. The summed E-state index contributed by atoms with van der Waals surface area (Å²) in [5.41, 5.74) is 1.57. The lowest BCUT2D eigenvalue weighted by Crippen LogP contribution is -2.53. The van der Waals surface area contributed by atoms with Gasteiger partial charge in [0.15, 0.2) is 0 Å². The van der Waals surface area contributed by atoms with Crippen LogP contribution in [0.4, 0.5) is 0 Å². The Labute approximate surface area is 140 Å². The van der Waals surface area contributed by atoms with Crippen molar-refractivity contribution in [3.63, 3.8) is 0 Å². The number of benzene rings is 1. The van der Waals surface area contributed by atoms with Gasteiger partial charge in [0.25, 0.3) is 0 Å². The van der Waals surface area contributed by atoms with Crippen LogP contribution in [0.3, 0.4) is 0 Å². The molecule has 1 saturated heterocycles. The van der Waals surface area contributed by atoms with E-state index in [2.05, 4.69) is 43.0 Å². The number of hydrogen-bond acceptors (Lipinski definition) is 3. The molecule has 2 unspecified atom stereocenters. The zero-order valence-electron chi connectivity index (χ0n) is 14.6. The molecule has 1 aromatic carbocycles. The molecule has 23 heavy (non-hydrogen) atoms. The Hall–Kier alpha value is -0.900. The minimum Gasteiger partial charge on any atom is -0.393 e. The maximum Gasteiger partial charge on any atom is 0.0720 e. The molecule has 3 heteroatoms. The SMILES string of the molecule is CC1(C)CCC(O)CC1N1CCC(OCc2ccccc2)CC1. The van der Waals surface area contributed by atoms with Gasteiger partial charge in [0.2, 0.25) is 0 Å². The molecule has 3 nitrogen and oxygen atoms in total. The molecule has 0 radical (unpaired) electrons. The molecule has 1 saturated carbocycles. The number of likely N-dealkylation sites (tertiary alicyclic amines) is 1. The molecule has 0 amide bonds. The Balaban J connectivity index is 1.48. The Morgan fingerprint density at radius 1 is 1.13 bits per heavy atom. The van der Waals surface area contributed by atoms with Crippen LogP contribution in [0.25, 0.3) is 0 Å². The van der Waals surface area contributed by atoms with Crippen molar-refractivity contribution in [2.45, 2.75) is 70.8 Å². The van der Waals surface area contributed by atoms with Gasteiger partial charge in [0, 0.05) is 19.1 Å². The summed E-state index contributed by atoms with van der Waals surface area (Å²) >= 11 is 0. The first-order chi connectivity index (χ1) is 11.0. The van der Waals surface area contributed by atoms with Crippen molar-refractivity contribution in [3.8, 4) is 0 Å². The van der Waals surface area contributed by atoms with Crippen LogP contribution in [-0.4, -0.2) is 41.3 Å². The summed E-state index contributed by atoms with van der Waals surface area (Å²) < 4.78 is 6.10. The van der Waals surface area contributed by atoms with Crippen molar-refractivity contribution in [2.24, 2.45) is 5.41 Å². The standard InChI is InChI=1S/C20H31NO2/c1-20(2)11-8-17(22)14-19(20)21-12-9-18(10-13-21)23-15-16-6-4-3-5-7-16/h3-7,17-19,22H,8-15H2,1-2H3. The van der Waals surface area contributed by atoms with Crippen LogP contribution in [0.15, 0.2) is 30.3 Å². The van der Waals surface area contributed by atoms with E-state index in [9.17, 15) is 5.11 Å². The summed E-state index contributed by atoms with van der Waals surface area (Å²) in [5, 5.41) is 10.1. The van der Waals surface area contributed by atoms with Crippen LogP contribution in [0.5, 0.6) is 0 Å². The van der Waals surface area contributed by atoms with E-state index in [1.165, 1.54) is 5.56 Å². The van der Waals surface area contributed by atoms with Crippen LogP contribution in [0.1, 0.15) is 51.5 Å². The third-order valence-electron chi connectivity index (χ3n) is 5.77. The van der Waals surface area contributed by atoms with E-state index in [0.717, 1.165) is 51.8 Å². The van der Waals surface area contributed by atoms with Gasteiger partial charge in [-0.2, -0.15) is 0 Å². The van der Waals surface area contributed by atoms with Gasteiger partial charge >= 0.3 is 0 Å². The lowest BCUT2D eigenvalue weighted by atomic mass is 9.71. The van der Waals surface area contributed by atoms with E-state index >= 15 is 0 Å². The highest BCUT2D eigenvalue weighted by Gasteiger charge is 2.40. The second-order valence-corrected chi connectivity index (χ2v) is 7.96. The smallest absolute Gasteiger partial charge is 0.0720 e. The number of rotatable bonds is 4. The van der Waals surface area contributed by atoms with Crippen molar-refractivity contribution in [1.29, 1.82) is 0 Å². The number of hydrogen-bond donors (Lipinski definition) is 1. The molecule has 0 bridgehead atoms. The lowest BCUT2D eigenvalue weighted by Gasteiger charge is -2.48. The Morgan fingerprint density at radius 2 is 1.83 bits per heavy atom. The van der Waals surface area contributed by atoms with E-state index in [4.69, 9.17) is 4.74 Å². The third kappa shape index (κ3) is 4.34. The van der Waals surface area contributed by atoms with Crippen molar-refractivity contribution in [2.75, 3.05) is 13.1 Å². The van der Waals surface area contributed by atoms with Crippen LogP contribution in [0.2, 0.25) is 0 Å². The fourth-order valence-corrected chi connectivity index (χ4v) is 4.19. The zero-order valence-corrected chi connectivity index (χ0v) is 14.6. The van der Waals surface area contributed by atoms with Crippen molar-refractivity contribution in [3.05, 3.63) is 35.9 Å². The Morgan fingerprint density at radius 3 is 2.52 bits per heavy atom. The molecular formula is C20H31NO2. The highest BCUT2D eigenvalue weighted by atomic mass is 16.5. The van der Waals surface area contributed by atoms with Crippen molar-refractivity contribution >= 4 is 0 Å². The summed E-state index contributed by atoms with van der Waals surface area (Å²) in [6.07, 6.45) is 5.50. The average Bonchev–Trinajstić information content (AvgIpc) is 2.57. The first-order valence-corrected chi connectivity index (χ1v) is 9.12. The van der Waals surface area contributed by atoms with Gasteiger partial charge in [-0.05, 0) is 43.1 Å². The molecular weight excluding hydrogens is 286 g/mol. The van der Waals surface area contributed by atoms with Crippen LogP contribution in [0, 0.1) is 5.41 Å². The normalized spacial score (nSPS) is 29.5. The zero-order chi connectivity index (χ0) is 16.3. The fraction of sp³-hybridized carbons (Fsp3) is 0.700. The van der Waals surface area contributed by atoms with E-state index in [0.29, 0.717) is 17.6 Å². The largest absolute Gasteiger partial charge is 0.393 e. The Kier molecular flexibility index (Phi) is 5.40. The molecule has 2 atom stereocenters. The first kappa shape index (κ1) is 16.9. The summed E-state index contributed by atoms with van der Waals surface area (Å²) in [7, 11) is 0. The molecule has 0 spiro atoms. The molecule has 1 aliphatic carbocycles. The van der Waals surface area contributed by atoms with E-state index < -0.39 is 0 Å². The van der Waals surface area contributed by atoms with Gasteiger partial charge in [0.1, 0.15) is 0 Å². The van der Waals surface area contributed by atoms with Gasteiger partial charge in [0.05, 0.1) is 18.8 Å². The maximum atomic E-state index is 10.1. The van der Waals surface area contributed by atoms with Crippen molar-refractivity contribution in [1.82, 2.24) is 4.90 Å². The predicted octanol–water partition coefficient (Wildman–Crippen LogP) is 3.61. The molecule has 1 N–H and O–H groups in total.